The van der Waals surface area contributed by atoms with Gasteiger partial charge in [-0.1, -0.05) is 0 Å². The number of non-ortho nitro benzene ring substituents is 1. The molecule has 3 rings (SSSR count). The Hall–Kier alpha value is -4.12. The minimum absolute atomic E-state index is 0.00320. The summed E-state index contributed by atoms with van der Waals surface area (Å²) < 4.78 is 21.9. The van der Waals surface area contributed by atoms with Crippen molar-refractivity contribution in [2.75, 3.05) is 34.5 Å². The van der Waals surface area contributed by atoms with Crippen LogP contribution >= 0.6 is 0 Å². The van der Waals surface area contributed by atoms with Crippen molar-refractivity contribution in [3.8, 4) is 17.2 Å². The van der Waals surface area contributed by atoms with Gasteiger partial charge < -0.3 is 29.0 Å². The van der Waals surface area contributed by atoms with E-state index in [9.17, 15) is 24.8 Å². The summed E-state index contributed by atoms with van der Waals surface area (Å²) in [6, 6.07) is 7.30. The van der Waals surface area contributed by atoms with E-state index in [0.29, 0.717) is 35.8 Å². The van der Waals surface area contributed by atoms with E-state index in [-0.39, 0.29) is 29.5 Å². The van der Waals surface area contributed by atoms with Crippen LogP contribution in [0.4, 0.5) is 5.69 Å². The average Bonchev–Trinajstić information content (AvgIpc) is 3.14. The molecule has 1 unspecified atom stereocenters. The maximum Gasteiger partial charge on any atom is 0.295 e. The number of carbonyl (C=O) groups is 2. The molecule has 1 fully saturated rings. The van der Waals surface area contributed by atoms with Gasteiger partial charge in [-0.15, -0.1) is 0 Å². The van der Waals surface area contributed by atoms with Crippen molar-refractivity contribution < 1.29 is 38.6 Å². The molecule has 198 valence electrons. The third-order valence-corrected chi connectivity index (χ3v) is 5.89. The van der Waals surface area contributed by atoms with Gasteiger partial charge in [-0.2, -0.15) is 0 Å². The molecule has 0 spiro atoms. The monoisotopic (exact) mass is 514 g/mol. The Morgan fingerprint density at radius 3 is 2.14 bits per heavy atom. The maximum absolute atomic E-state index is 13.2. The minimum Gasteiger partial charge on any atom is -0.507 e. The first-order valence-corrected chi connectivity index (χ1v) is 11.6. The average molecular weight is 515 g/mol. The number of likely N-dealkylation sites (tertiary alicyclic amines) is 1. The number of Topliss-reactive ketones (excluding diaryl/α,β-unsaturated/α-hetero) is 1. The van der Waals surface area contributed by atoms with Gasteiger partial charge in [0.25, 0.3) is 17.4 Å². The van der Waals surface area contributed by atoms with Crippen molar-refractivity contribution in [2.24, 2.45) is 0 Å². The molecule has 1 aliphatic rings. The molecule has 1 heterocycles. The number of hydrogen-bond donors (Lipinski definition) is 1. The zero-order valence-corrected chi connectivity index (χ0v) is 21.3. The molecule has 1 N–H and O–H groups in total. The molecule has 2 aromatic carbocycles. The molecule has 37 heavy (non-hydrogen) atoms. The number of aliphatic hydroxyl groups is 1. The number of nitrogens with zero attached hydrogens (tertiary/aromatic N) is 2. The number of ether oxygens (including phenoxy) is 4. The van der Waals surface area contributed by atoms with E-state index in [0.717, 1.165) is 0 Å². The number of methoxy groups -OCH3 is 3. The van der Waals surface area contributed by atoms with Crippen molar-refractivity contribution in [2.45, 2.75) is 32.4 Å². The molecular formula is C26H30N2O9. The van der Waals surface area contributed by atoms with Gasteiger partial charge in [0.2, 0.25) is 5.75 Å². The van der Waals surface area contributed by atoms with E-state index in [1.165, 1.54) is 50.5 Å². The molecule has 0 aliphatic carbocycles. The Labute approximate surface area is 214 Å². The van der Waals surface area contributed by atoms with Crippen LogP contribution in [0.25, 0.3) is 5.76 Å². The second kappa shape index (κ2) is 11.7. The quantitative estimate of drug-likeness (QED) is 0.118. The van der Waals surface area contributed by atoms with E-state index in [1.54, 1.807) is 12.1 Å². The molecular weight excluding hydrogens is 484 g/mol. The summed E-state index contributed by atoms with van der Waals surface area (Å²) in [4.78, 5) is 38.2. The zero-order valence-electron chi connectivity index (χ0n) is 21.3. The molecule has 11 heteroatoms. The second-order valence-electron chi connectivity index (χ2n) is 8.53. The molecule has 2 aromatic rings. The van der Waals surface area contributed by atoms with Crippen LogP contribution in [0.3, 0.4) is 0 Å². The van der Waals surface area contributed by atoms with Crippen molar-refractivity contribution in [3.05, 3.63) is 63.2 Å². The number of amides is 1. The van der Waals surface area contributed by atoms with Crippen LogP contribution in [0.5, 0.6) is 17.2 Å². The number of ketones is 1. The lowest BCUT2D eigenvalue weighted by atomic mass is 9.94. The Bertz CT molecular complexity index is 1180. The number of nitro benzene ring substituents is 1. The summed E-state index contributed by atoms with van der Waals surface area (Å²) in [5, 5.41) is 22.2. The first kappa shape index (κ1) is 27.5. The fourth-order valence-corrected chi connectivity index (χ4v) is 4.17. The van der Waals surface area contributed by atoms with Gasteiger partial charge in [-0.3, -0.25) is 19.7 Å². The number of hydrogen-bond acceptors (Lipinski definition) is 9. The molecule has 1 aliphatic heterocycles. The molecule has 1 saturated heterocycles. The molecule has 0 radical (unpaired) electrons. The highest BCUT2D eigenvalue weighted by atomic mass is 16.6. The predicted octanol–water partition coefficient (Wildman–Crippen LogP) is 3.86. The highest BCUT2D eigenvalue weighted by Crippen LogP contribution is 2.45. The van der Waals surface area contributed by atoms with E-state index >= 15 is 0 Å². The van der Waals surface area contributed by atoms with Crippen LogP contribution < -0.4 is 14.2 Å². The lowest BCUT2D eigenvalue weighted by molar-refractivity contribution is -0.384. The Kier molecular flexibility index (Phi) is 8.72. The summed E-state index contributed by atoms with van der Waals surface area (Å²) in [5.74, 6) is -1.17. The number of nitro groups is 1. The first-order chi connectivity index (χ1) is 17.6. The molecule has 0 saturated carbocycles. The normalized spacial score (nSPS) is 16.8. The van der Waals surface area contributed by atoms with Crippen LogP contribution in [0.15, 0.2) is 42.0 Å². The number of aliphatic hydroxyl groups excluding tert-OH is 1. The largest absolute Gasteiger partial charge is 0.507 e. The van der Waals surface area contributed by atoms with Gasteiger partial charge in [-0.25, -0.2) is 0 Å². The van der Waals surface area contributed by atoms with Crippen LogP contribution in [0.1, 0.15) is 37.4 Å². The summed E-state index contributed by atoms with van der Waals surface area (Å²) >= 11 is 0. The van der Waals surface area contributed by atoms with Gasteiger partial charge in [-0.05, 0) is 50.1 Å². The molecule has 1 amide bonds. The summed E-state index contributed by atoms with van der Waals surface area (Å²) in [5.41, 5.74) is 0.271. The zero-order chi connectivity index (χ0) is 27.3. The predicted molar refractivity (Wildman–Crippen MR) is 134 cm³/mol. The smallest absolute Gasteiger partial charge is 0.295 e. The fourth-order valence-electron chi connectivity index (χ4n) is 4.17. The second-order valence-corrected chi connectivity index (χ2v) is 8.53. The number of rotatable bonds is 11. The van der Waals surface area contributed by atoms with Gasteiger partial charge in [0, 0.05) is 30.8 Å². The fraction of sp³-hybridized carbons (Fsp3) is 0.385. The van der Waals surface area contributed by atoms with Crippen molar-refractivity contribution in [3.63, 3.8) is 0 Å². The van der Waals surface area contributed by atoms with E-state index < -0.39 is 28.4 Å². The van der Waals surface area contributed by atoms with Crippen LogP contribution in [-0.2, 0) is 14.3 Å². The van der Waals surface area contributed by atoms with Gasteiger partial charge in [0.1, 0.15) is 5.76 Å². The Balaban J connectivity index is 2.16. The molecule has 11 nitrogen and oxygen atoms in total. The third kappa shape index (κ3) is 5.67. The number of benzene rings is 2. The Morgan fingerprint density at radius 1 is 1.05 bits per heavy atom. The topological polar surface area (TPSA) is 138 Å². The molecule has 0 aromatic heterocycles. The van der Waals surface area contributed by atoms with Crippen LogP contribution in [0, 0.1) is 10.1 Å². The summed E-state index contributed by atoms with van der Waals surface area (Å²) in [6.07, 6.45) is 0.451. The van der Waals surface area contributed by atoms with Crippen LogP contribution in [-0.4, -0.2) is 67.2 Å². The SMILES string of the molecule is COc1cc(C2/C(=C(\O)c3ccc([N+](=O)[O-])cc3)C(=O)C(=O)N2CCCOC(C)C)cc(OC)c1OC. The van der Waals surface area contributed by atoms with Crippen molar-refractivity contribution in [1.29, 1.82) is 0 Å². The first-order valence-electron chi connectivity index (χ1n) is 11.6. The highest BCUT2D eigenvalue weighted by Gasteiger charge is 2.46. The highest BCUT2D eigenvalue weighted by molar-refractivity contribution is 6.46. The van der Waals surface area contributed by atoms with E-state index in [1.807, 2.05) is 13.8 Å². The lowest BCUT2D eigenvalue weighted by Gasteiger charge is -2.26. The summed E-state index contributed by atoms with van der Waals surface area (Å²) in [7, 11) is 4.34. The third-order valence-electron chi connectivity index (χ3n) is 5.89. The molecule has 1 atom stereocenters. The molecule has 0 bridgehead atoms. The van der Waals surface area contributed by atoms with Gasteiger partial charge >= 0.3 is 0 Å². The Morgan fingerprint density at radius 2 is 1.65 bits per heavy atom. The summed E-state index contributed by atoms with van der Waals surface area (Å²) in [6.45, 7) is 4.33. The minimum atomic E-state index is -0.983. The van der Waals surface area contributed by atoms with Crippen molar-refractivity contribution >= 4 is 23.1 Å². The standard InChI is InChI=1S/C26H30N2O9/c1-15(2)37-12-6-11-27-22(17-13-19(34-3)25(36-5)20(14-17)35-4)21(24(30)26(27)31)23(29)16-7-9-18(10-8-16)28(32)33/h7-10,13-15,22,29H,6,11-12H2,1-5H3/b23-21+. The van der Waals surface area contributed by atoms with Gasteiger partial charge in [0.15, 0.2) is 11.5 Å². The van der Waals surface area contributed by atoms with Gasteiger partial charge in [0.05, 0.1) is 44.0 Å². The number of carbonyl (C=O) groups excluding carboxylic acids is 2. The van der Waals surface area contributed by atoms with E-state index in [2.05, 4.69) is 0 Å². The van der Waals surface area contributed by atoms with Crippen molar-refractivity contribution in [1.82, 2.24) is 4.90 Å². The van der Waals surface area contributed by atoms with E-state index in [4.69, 9.17) is 18.9 Å². The lowest BCUT2D eigenvalue weighted by Crippen LogP contribution is -2.31. The van der Waals surface area contributed by atoms with Crippen LogP contribution in [0.2, 0.25) is 0 Å². The maximum atomic E-state index is 13.2.